The van der Waals surface area contributed by atoms with Crippen molar-refractivity contribution < 1.29 is 27.9 Å². The van der Waals surface area contributed by atoms with Crippen molar-refractivity contribution in [2.24, 2.45) is 5.10 Å². The third-order valence-corrected chi connectivity index (χ3v) is 3.07. The van der Waals surface area contributed by atoms with Crippen molar-refractivity contribution in [2.45, 2.75) is 31.9 Å². The van der Waals surface area contributed by atoms with Crippen LogP contribution in [-0.2, 0) is 16.0 Å². The molecule has 1 aliphatic rings. The van der Waals surface area contributed by atoms with E-state index in [1.807, 2.05) is 0 Å². The molecule has 0 aromatic heterocycles. The van der Waals surface area contributed by atoms with E-state index in [4.69, 9.17) is 5.11 Å². The summed E-state index contributed by atoms with van der Waals surface area (Å²) < 4.78 is 36.5. The van der Waals surface area contributed by atoms with E-state index in [-0.39, 0.29) is 25.0 Å². The molecule has 0 fully saturated rings. The lowest BCUT2D eigenvalue weighted by Gasteiger charge is -2.11. The zero-order valence-corrected chi connectivity index (χ0v) is 11.4. The molecule has 0 bridgehead atoms. The Kier molecular flexibility index (Phi) is 4.48. The van der Waals surface area contributed by atoms with Gasteiger partial charge in [0.25, 0.3) is 5.91 Å². The van der Waals surface area contributed by atoms with Crippen LogP contribution in [0.4, 0.5) is 18.9 Å². The molecule has 1 N–H and O–H groups in total. The number of amides is 1. The van der Waals surface area contributed by atoms with Crippen LogP contribution in [0.5, 0.6) is 0 Å². The van der Waals surface area contributed by atoms with Gasteiger partial charge in [0.2, 0.25) is 0 Å². The number of aliphatic carboxylic acids is 1. The molecule has 8 heteroatoms. The van der Waals surface area contributed by atoms with E-state index < -0.39 is 24.5 Å². The molecule has 22 heavy (non-hydrogen) atoms. The summed E-state index contributed by atoms with van der Waals surface area (Å²) in [6.45, 7) is 0. The number of benzene rings is 1. The number of carboxylic acids is 1. The van der Waals surface area contributed by atoms with Crippen molar-refractivity contribution in [3.8, 4) is 0 Å². The molecule has 1 aromatic rings. The Morgan fingerprint density at radius 2 is 1.91 bits per heavy atom. The summed E-state index contributed by atoms with van der Waals surface area (Å²) in [4.78, 5) is 22.4. The molecule has 0 saturated carbocycles. The molecule has 0 spiro atoms. The van der Waals surface area contributed by atoms with Gasteiger partial charge in [-0.3, -0.25) is 9.59 Å². The van der Waals surface area contributed by atoms with Crippen LogP contribution in [0.25, 0.3) is 0 Å². The second-order valence-corrected chi connectivity index (χ2v) is 4.90. The Hall–Kier alpha value is -2.38. The number of anilines is 1. The lowest BCUT2D eigenvalue weighted by Crippen LogP contribution is -2.19. The van der Waals surface area contributed by atoms with Crippen LogP contribution in [0.15, 0.2) is 29.4 Å². The first-order valence-corrected chi connectivity index (χ1v) is 6.51. The Balaban J connectivity index is 2.06. The Labute approximate surface area is 124 Å². The monoisotopic (exact) mass is 314 g/mol. The van der Waals surface area contributed by atoms with Crippen LogP contribution in [0.3, 0.4) is 0 Å². The maximum atomic E-state index is 12.2. The van der Waals surface area contributed by atoms with Gasteiger partial charge in [0, 0.05) is 12.1 Å². The minimum atomic E-state index is -4.28. The number of hydrazone groups is 1. The molecular formula is C14H13F3N2O3. The third kappa shape index (κ3) is 4.31. The van der Waals surface area contributed by atoms with Gasteiger partial charge in [0.1, 0.15) is 0 Å². The topological polar surface area (TPSA) is 70.0 Å². The van der Waals surface area contributed by atoms with Gasteiger partial charge in [-0.2, -0.15) is 18.3 Å². The number of nitrogens with zero attached hydrogens (tertiary/aromatic N) is 2. The van der Waals surface area contributed by atoms with Gasteiger partial charge in [-0.05, 0) is 24.1 Å². The Morgan fingerprint density at radius 3 is 2.45 bits per heavy atom. The smallest absolute Gasteiger partial charge is 0.389 e. The predicted molar refractivity (Wildman–Crippen MR) is 72.6 cm³/mol. The molecule has 5 nitrogen and oxygen atoms in total. The number of rotatable bonds is 5. The quantitative estimate of drug-likeness (QED) is 0.908. The van der Waals surface area contributed by atoms with Crippen molar-refractivity contribution in [2.75, 3.05) is 5.01 Å². The second-order valence-electron chi connectivity index (χ2n) is 4.90. The van der Waals surface area contributed by atoms with E-state index in [9.17, 15) is 22.8 Å². The first kappa shape index (κ1) is 16.0. The standard InChI is InChI=1S/C14H13F3N2O3/c15-14(16,17)6-5-10-8-12(20)19(18-10)11-3-1-9(2-4-11)7-13(21)22/h1-4H,5-8H2,(H,21,22). The zero-order chi connectivity index (χ0) is 16.3. The van der Waals surface area contributed by atoms with Crippen LogP contribution in [0.1, 0.15) is 24.8 Å². The molecule has 1 heterocycles. The summed E-state index contributed by atoms with van der Waals surface area (Å²) in [6.07, 6.45) is -5.87. The predicted octanol–water partition coefficient (Wildman–Crippen LogP) is 2.75. The molecule has 0 saturated heterocycles. The zero-order valence-electron chi connectivity index (χ0n) is 11.4. The van der Waals surface area contributed by atoms with E-state index in [2.05, 4.69) is 5.10 Å². The SMILES string of the molecule is O=C(O)Cc1ccc(N2N=C(CCC(F)(F)F)CC2=O)cc1. The first-order valence-electron chi connectivity index (χ1n) is 6.51. The highest BCUT2D eigenvalue weighted by atomic mass is 19.4. The highest BCUT2D eigenvalue weighted by Crippen LogP contribution is 2.26. The van der Waals surface area contributed by atoms with Gasteiger partial charge in [0.05, 0.1) is 18.5 Å². The van der Waals surface area contributed by atoms with Crippen molar-refractivity contribution in [1.29, 1.82) is 0 Å². The molecular weight excluding hydrogens is 301 g/mol. The van der Waals surface area contributed by atoms with Crippen molar-refractivity contribution >= 4 is 23.3 Å². The summed E-state index contributed by atoms with van der Waals surface area (Å²) in [7, 11) is 0. The maximum absolute atomic E-state index is 12.2. The first-order chi connectivity index (χ1) is 10.2. The number of hydrogen-bond acceptors (Lipinski definition) is 3. The van der Waals surface area contributed by atoms with Crippen molar-refractivity contribution in [3.63, 3.8) is 0 Å². The van der Waals surface area contributed by atoms with Crippen LogP contribution >= 0.6 is 0 Å². The summed E-state index contributed by atoms with van der Waals surface area (Å²) in [6, 6.07) is 6.12. The van der Waals surface area contributed by atoms with E-state index in [0.29, 0.717) is 11.3 Å². The lowest BCUT2D eigenvalue weighted by atomic mass is 10.1. The maximum Gasteiger partial charge on any atom is 0.389 e. The van der Waals surface area contributed by atoms with E-state index in [1.54, 1.807) is 12.1 Å². The van der Waals surface area contributed by atoms with Gasteiger partial charge < -0.3 is 5.11 Å². The summed E-state index contributed by atoms with van der Waals surface area (Å²) in [5.74, 6) is -1.37. The number of carbonyl (C=O) groups excluding carboxylic acids is 1. The van der Waals surface area contributed by atoms with Crippen LogP contribution in [-0.4, -0.2) is 28.9 Å². The average molecular weight is 314 g/mol. The molecule has 2 rings (SSSR count). The number of halogens is 3. The molecule has 0 radical (unpaired) electrons. The minimum Gasteiger partial charge on any atom is -0.481 e. The van der Waals surface area contributed by atoms with E-state index >= 15 is 0 Å². The minimum absolute atomic E-state index is 0.132. The van der Waals surface area contributed by atoms with Gasteiger partial charge in [-0.15, -0.1) is 0 Å². The fourth-order valence-electron chi connectivity index (χ4n) is 2.04. The fraction of sp³-hybridized carbons (Fsp3) is 0.357. The Bertz CT molecular complexity index is 609. The fourth-order valence-corrected chi connectivity index (χ4v) is 2.04. The highest BCUT2D eigenvalue weighted by Gasteiger charge is 2.31. The Morgan fingerprint density at radius 1 is 1.27 bits per heavy atom. The molecule has 118 valence electrons. The summed E-state index contributed by atoms with van der Waals surface area (Å²) >= 11 is 0. The van der Waals surface area contributed by atoms with Crippen LogP contribution in [0, 0.1) is 0 Å². The molecule has 0 unspecified atom stereocenters. The summed E-state index contributed by atoms with van der Waals surface area (Å²) in [5, 5.41) is 13.6. The molecule has 1 aromatic carbocycles. The lowest BCUT2D eigenvalue weighted by molar-refractivity contribution is -0.136. The van der Waals surface area contributed by atoms with Gasteiger partial charge >= 0.3 is 12.1 Å². The largest absolute Gasteiger partial charge is 0.481 e. The average Bonchev–Trinajstić information content (AvgIpc) is 2.77. The van der Waals surface area contributed by atoms with Gasteiger partial charge in [0.15, 0.2) is 0 Å². The number of carbonyl (C=O) groups is 2. The highest BCUT2D eigenvalue weighted by molar-refractivity contribution is 6.12. The normalized spacial score (nSPS) is 15.1. The van der Waals surface area contributed by atoms with Gasteiger partial charge in [-0.25, -0.2) is 5.01 Å². The van der Waals surface area contributed by atoms with Crippen LogP contribution in [0.2, 0.25) is 0 Å². The second kappa shape index (κ2) is 6.17. The van der Waals surface area contributed by atoms with E-state index in [1.165, 1.54) is 12.1 Å². The van der Waals surface area contributed by atoms with Gasteiger partial charge in [-0.1, -0.05) is 12.1 Å². The van der Waals surface area contributed by atoms with Crippen molar-refractivity contribution in [1.82, 2.24) is 0 Å². The summed E-state index contributed by atoms with van der Waals surface area (Å²) in [5.41, 5.74) is 1.15. The molecule has 0 aliphatic carbocycles. The molecule has 1 aliphatic heterocycles. The number of alkyl halides is 3. The number of carboxylic acid groups (broad SMARTS) is 1. The number of hydrogen-bond donors (Lipinski definition) is 1. The molecule has 1 amide bonds. The van der Waals surface area contributed by atoms with E-state index in [0.717, 1.165) is 5.01 Å². The van der Waals surface area contributed by atoms with Crippen LogP contribution < -0.4 is 5.01 Å². The third-order valence-electron chi connectivity index (χ3n) is 3.07. The molecule has 0 atom stereocenters. The van der Waals surface area contributed by atoms with Crippen molar-refractivity contribution in [3.05, 3.63) is 29.8 Å².